The quantitative estimate of drug-likeness (QED) is 0.297. The minimum Gasteiger partial charge on any atom is -0.490 e. The van der Waals surface area contributed by atoms with Crippen molar-refractivity contribution in [3.8, 4) is 11.5 Å². The van der Waals surface area contributed by atoms with Crippen molar-refractivity contribution < 1.29 is 14.3 Å². The molecule has 1 amide bonds. The maximum Gasteiger partial charge on any atom is 0.271 e. The molecule has 5 nitrogen and oxygen atoms in total. The number of carbonyl (C=O) groups excluding carboxylic acids is 1. The highest BCUT2D eigenvalue weighted by molar-refractivity contribution is 9.10. The van der Waals surface area contributed by atoms with Crippen LogP contribution in [0.5, 0.6) is 11.5 Å². The summed E-state index contributed by atoms with van der Waals surface area (Å²) in [5.41, 5.74) is 5.64. The monoisotopic (exact) mass is 500 g/mol. The van der Waals surface area contributed by atoms with Crippen molar-refractivity contribution in [1.82, 2.24) is 5.43 Å². The molecular weight excluding hydrogens is 480 g/mol. The van der Waals surface area contributed by atoms with E-state index in [1.807, 2.05) is 62.4 Å². The molecule has 0 aliphatic carbocycles. The Morgan fingerprint density at radius 1 is 1.13 bits per heavy atom. The lowest BCUT2D eigenvalue weighted by Gasteiger charge is -2.15. The van der Waals surface area contributed by atoms with Gasteiger partial charge in [-0.25, -0.2) is 5.43 Å². The first-order valence-electron chi connectivity index (χ1n) is 9.71. The number of rotatable bonds is 8. The van der Waals surface area contributed by atoms with Crippen LogP contribution in [0.1, 0.15) is 34.0 Å². The molecule has 0 aliphatic heterocycles. The smallest absolute Gasteiger partial charge is 0.271 e. The van der Waals surface area contributed by atoms with Gasteiger partial charge in [0.1, 0.15) is 6.61 Å². The lowest BCUT2D eigenvalue weighted by molar-refractivity contribution is 0.0954. The van der Waals surface area contributed by atoms with Gasteiger partial charge in [0.2, 0.25) is 0 Å². The number of ether oxygens (including phenoxy) is 2. The molecule has 3 aromatic rings. The molecule has 0 spiro atoms. The van der Waals surface area contributed by atoms with Gasteiger partial charge in [-0.2, -0.15) is 5.10 Å². The number of nitrogens with one attached hydrogen (secondary N) is 1. The number of hydrazone groups is 1. The van der Waals surface area contributed by atoms with Gasteiger partial charge in [0.05, 0.1) is 17.3 Å². The summed E-state index contributed by atoms with van der Waals surface area (Å²) in [5.74, 6) is 0.872. The zero-order valence-corrected chi connectivity index (χ0v) is 19.5. The fourth-order valence-corrected chi connectivity index (χ4v) is 3.65. The van der Waals surface area contributed by atoms with Crippen molar-refractivity contribution >= 4 is 39.7 Å². The summed E-state index contributed by atoms with van der Waals surface area (Å²) >= 11 is 9.76. The van der Waals surface area contributed by atoms with Gasteiger partial charge in [-0.3, -0.25) is 4.79 Å². The van der Waals surface area contributed by atoms with Crippen molar-refractivity contribution in [1.29, 1.82) is 0 Å². The Balaban J connectivity index is 1.74. The van der Waals surface area contributed by atoms with Gasteiger partial charge in [-0.05, 0) is 65.2 Å². The summed E-state index contributed by atoms with van der Waals surface area (Å²) in [6, 6.07) is 18.5. The molecule has 7 heteroatoms. The van der Waals surface area contributed by atoms with E-state index in [0.29, 0.717) is 39.8 Å². The molecule has 0 heterocycles. The van der Waals surface area contributed by atoms with Crippen LogP contribution >= 0.6 is 27.5 Å². The van der Waals surface area contributed by atoms with E-state index in [4.69, 9.17) is 21.1 Å². The average molecular weight is 502 g/mol. The number of nitrogens with zero attached hydrogens (tertiary/aromatic N) is 1. The van der Waals surface area contributed by atoms with Crippen LogP contribution < -0.4 is 14.9 Å². The predicted molar refractivity (Wildman–Crippen MR) is 127 cm³/mol. The number of hydrogen-bond acceptors (Lipinski definition) is 4. The van der Waals surface area contributed by atoms with Crippen molar-refractivity contribution in [2.75, 3.05) is 6.61 Å². The van der Waals surface area contributed by atoms with Crippen molar-refractivity contribution in [2.45, 2.75) is 20.5 Å². The van der Waals surface area contributed by atoms with Crippen LogP contribution in [0, 0.1) is 6.92 Å². The number of halogens is 2. The van der Waals surface area contributed by atoms with E-state index < -0.39 is 0 Å². The SMILES string of the molecule is CCOc1cc(/C=N\NC(=O)c2ccccc2C)cc(Br)c1OCc1ccccc1Cl. The zero-order valence-electron chi connectivity index (χ0n) is 17.2. The fourth-order valence-electron chi connectivity index (χ4n) is 2.88. The van der Waals surface area contributed by atoms with Crippen LogP contribution in [0.2, 0.25) is 5.02 Å². The Hall–Kier alpha value is -2.83. The Kier molecular flexibility index (Phi) is 8.09. The molecule has 0 bridgehead atoms. The van der Waals surface area contributed by atoms with E-state index in [9.17, 15) is 4.79 Å². The van der Waals surface area contributed by atoms with Crippen LogP contribution in [-0.2, 0) is 6.61 Å². The van der Waals surface area contributed by atoms with Crippen LogP contribution in [-0.4, -0.2) is 18.7 Å². The van der Waals surface area contributed by atoms with Crippen molar-refractivity contribution in [2.24, 2.45) is 5.10 Å². The zero-order chi connectivity index (χ0) is 22.2. The minimum atomic E-state index is -0.266. The maximum atomic E-state index is 12.3. The molecule has 3 rings (SSSR count). The molecule has 31 heavy (non-hydrogen) atoms. The number of aryl methyl sites for hydroxylation is 1. The lowest BCUT2D eigenvalue weighted by atomic mass is 10.1. The van der Waals surface area contributed by atoms with Gasteiger partial charge in [0.15, 0.2) is 11.5 Å². The van der Waals surface area contributed by atoms with Gasteiger partial charge in [-0.15, -0.1) is 0 Å². The summed E-state index contributed by atoms with van der Waals surface area (Å²) in [7, 11) is 0. The number of benzene rings is 3. The van der Waals surface area contributed by atoms with Gasteiger partial charge in [0.25, 0.3) is 5.91 Å². The highest BCUT2D eigenvalue weighted by Gasteiger charge is 2.13. The number of hydrogen-bond donors (Lipinski definition) is 1. The third-order valence-corrected chi connectivity index (χ3v) is 5.39. The second kappa shape index (κ2) is 11.0. The van der Waals surface area contributed by atoms with Gasteiger partial charge >= 0.3 is 0 Å². The van der Waals surface area contributed by atoms with Crippen LogP contribution in [0.15, 0.2) is 70.2 Å². The van der Waals surface area contributed by atoms with E-state index in [0.717, 1.165) is 16.7 Å². The maximum absolute atomic E-state index is 12.3. The van der Waals surface area contributed by atoms with Gasteiger partial charge in [0, 0.05) is 16.1 Å². The van der Waals surface area contributed by atoms with Gasteiger partial charge < -0.3 is 9.47 Å². The van der Waals surface area contributed by atoms with E-state index in [2.05, 4.69) is 26.5 Å². The standard InChI is InChI=1S/C24H22BrClN2O3/c1-3-30-22-13-17(14-27-28-24(29)19-10-6-4-8-16(19)2)12-20(25)23(22)31-15-18-9-5-7-11-21(18)26/h4-14H,3,15H2,1-2H3,(H,28,29)/b27-14-. The molecule has 0 aliphatic rings. The van der Waals surface area contributed by atoms with Gasteiger partial charge in [-0.1, -0.05) is 48.0 Å². The Bertz CT molecular complexity index is 1100. The first kappa shape index (κ1) is 22.8. The fraction of sp³-hybridized carbons (Fsp3) is 0.167. The molecule has 0 unspecified atom stereocenters. The van der Waals surface area contributed by atoms with Crippen molar-refractivity contribution in [3.05, 3.63) is 92.4 Å². The summed E-state index contributed by atoms with van der Waals surface area (Å²) < 4.78 is 12.4. The normalized spacial score (nSPS) is 10.8. The molecule has 160 valence electrons. The van der Waals surface area contributed by atoms with Crippen molar-refractivity contribution in [3.63, 3.8) is 0 Å². The highest BCUT2D eigenvalue weighted by Crippen LogP contribution is 2.37. The third kappa shape index (κ3) is 6.09. The molecule has 0 aromatic heterocycles. The molecule has 0 fully saturated rings. The van der Waals surface area contributed by atoms with E-state index >= 15 is 0 Å². The second-order valence-corrected chi connectivity index (χ2v) is 7.92. The van der Waals surface area contributed by atoms with Crippen LogP contribution in [0.3, 0.4) is 0 Å². The molecule has 0 radical (unpaired) electrons. The molecule has 3 aromatic carbocycles. The van der Waals surface area contributed by atoms with Crippen LogP contribution in [0.4, 0.5) is 0 Å². The Labute approximate surface area is 195 Å². The number of carbonyl (C=O) groups is 1. The molecule has 0 saturated carbocycles. The Morgan fingerprint density at radius 2 is 1.87 bits per heavy atom. The topological polar surface area (TPSA) is 59.9 Å². The average Bonchev–Trinajstić information content (AvgIpc) is 2.75. The molecule has 0 atom stereocenters. The van der Waals surface area contributed by atoms with E-state index in [1.54, 1.807) is 18.3 Å². The Morgan fingerprint density at radius 3 is 2.61 bits per heavy atom. The summed E-state index contributed by atoms with van der Waals surface area (Å²) in [6.45, 7) is 4.55. The van der Waals surface area contributed by atoms with E-state index in [-0.39, 0.29) is 5.91 Å². The third-order valence-electron chi connectivity index (χ3n) is 4.43. The largest absolute Gasteiger partial charge is 0.490 e. The van der Waals surface area contributed by atoms with E-state index in [1.165, 1.54) is 0 Å². The molecule has 1 N–H and O–H groups in total. The lowest BCUT2D eigenvalue weighted by Crippen LogP contribution is -2.18. The highest BCUT2D eigenvalue weighted by atomic mass is 79.9. The van der Waals surface area contributed by atoms with Crippen LogP contribution in [0.25, 0.3) is 0 Å². The predicted octanol–water partition coefficient (Wildman–Crippen LogP) is 6.15. The first-order valence-corrected chi connectivity index (χ1v) is 10.9. The second-order valence-electron chi connectivity index (χ2n) is 6.66. The summed E-state index contributed by atoms with van der Waals surface area (Å²) in [6.07, 6.45) is 1.56. The molecule has 0 saturated heterocycles. The minimum absolute atomic E-state index is 0.266. The summed E-state index contributed by atoms with van der Waals surface area (Å²) in [4.78, 5) is 12.3. The molecular formula is C24H22BrClN2O3. The summed E-state index contributed by atoms with van der Waals surface area (Å²) in [5, 5.41) is 4.72. The number of amides is 1. The first-order chi connectivity index (χ1) is 15.0.